The Morgan fingerprint density at radius 1 is 0.474 bits per heavy atom. The van der Waals surface area contributed by atoms with Gasteiger partial charge in [-0.15, -0.1) is 0 Å². The fraction of sp³-hybridized carbons (Fsp3) is 0.0968. The lowest BCUT2D eigenvalue weighted by atomic mass is 9.76. The quantitative estimate of drug-likeness (QED) is 0.205. The van der Waals surface area contributed by atoms with E-state index >= 15 is 0 Å². The molecule has 0 spiro atoms. The van der Waals surface area contributed by atoms with Gasteiger partial charge in [-0.1, -0.05) is 38.1 Å². The van der Waals surface area contributed by atoms with Crippen LogP contribution in [0.1, 0.15) is 25.0 Å². The van der Waals surface area contributed by atoms with Crippen LogP contribution < -0.4 is 15.3 Å². The topological polar surface area (TPSA) is 28.9 Å². The third-order valence-electron chi connectivity index (χ3n) is 7.20. The van der Waals surface area contributed by atoms with Gasteiger partial charge in [0.1, 0.15) is 27.9 Å². The summed E-state index contributed by atoms with van der Waals surface area (Å²) in [6.07, 6.45) is 17.2. The predicted octanol–water partition coefficient (Wildman–Crippen LogP) is 7.39. The smallest absolute Gasteiger partial charge is 0.142 e. The normalized spacial score (nSPS) is 13.9. The van der Waals surface area contributed by atoms with Crippen LogP contribution in [-0.2, 0) is 5.41 Å². The third-order valence-corrected chi connectivity index (χ3v) is 11.6. The Labute approximate surface area is 225 Å². The molecule has 0 saturated carbocycles. The van der Waals surface area contributed by atoms with Gasteiger partial charge in [-0.05, 0) is 60.7 Å². The van der Waals surface area contributed by atoms with Gasteiger partial charge >= 0.3 is 0 Å². The van der Waals surface area contributed by atoms with Gasteiger partial charge in [0, 0.05) is 66.1 Å². The Bertz CT molecular complexity index is 1480. The van der Waals surface area contributed by atoms with Crippen molar-refractivity contribution in [3.05, 3.63) is 146 Å². The average Bonchev–Trinajstić information content (AvgIpc) is 3.75. The molecule has 6 aromatic rings. The Balaban J connectivity index is 1.44. The molecule has 7 heteroatoms. The maximum atomic E-state index is 7.11. The molecule has 5 heterocycles. The van der Waals surface area contributed by atoms with Gasteiger partial charge in [0.05, 0.1) is 10.6 Å². The van der Waals surface area contributed by atoms with Crippen molar-refractivity contribution in [1.82, 2.24) is 17.4 Å². The second-order valence-corrected chi connectivity index (χ2v) is 13.8. The molecule has 38 heavy (non-hydrogen) atoms. The lowest BCUT2D eigenvalue weighted by molar-refractivity contribution is 0.424. The first-order chi connectivity index (χ1) is 18.6. The molecule has 2 aromatic carbocycles. The summed E-state index contributed by atoms with van der Waals surface area (Å²) in [6, 6.07) is 30.0. The Morgan fingerprint density at radius 2 is 0.789 bits per heavy atom. The molecule has 0 radical (unpaired) electrons. The summed E-state index contributed by atoms with van der Waals surface area (Å²) < 4.78 is 16.3. The predicted molar refractivity (Wildman–Crippen MR) is 158 cm³/mol. The van der Waals surface area contributed by atoms with Gasteiger partial charge in [-0.25, -0.2) is 0 Å². The average molecular weight is 535 g/mol. The van der Waals surface area contributed by atoms with Crippen LogP contribution in [0.15, 0.2) is 135 Å². The number of hydrogen-bond acceptors (Lipinski definition) is 1. The van der Waals surface area contributed by atoms with Crippen molar-refractivity contribution in [1.29, 1.82) is 0 Å². The van der Waals surface area contributed by atoms with Crippen molar-refractivity contribution in [2.75, 3.05) is 0 Å². The zero-order valence-corrected chi connectivity index (χ0v) is 23.1. The number of para-hydroxylation sites is 2. The number of aromatic nitrogens is 4. The van der Waals surface area contributed by atoms with E-state index in [1.54, 1.807) is 0 Å². The summed E-state index contributed by atoms with van der Waals surface area (Å²) in [5.74, 6) is 1.95. The van der Waals surface area contributed by atoms with Crippen LogP contribution in [0, 0.1) is 0 Å². The van der Waals surface area contributed by atoms with Crippen LogP contribution in [0.4, 0.5) is 0 Å². The van der Waals surface area contributed by atoms with Crippen LogP contribution in [-0.4, -0.2) is 17.4 Å². The number of fused-ring (bicyclic) bond motifs is 2. The zero-order valence-electron chi connectivity index (χ0n) is 21.3. The van der Waals surface area contributed by atoms with Gasteiger partial charge in [0.15, 0.2) is 0 Å². The van der Waals surface area contributed by atoms with Crippen LogP contribution >= 0.6 is 16.4 Å². The number of benzene rings is 2. The molecule has 0 aliphatic carbocycles. The van der Waals surface area contributed by atoms with Crippen molar-refractivity contribution in [3.8, 4) is 11.5 Å². The SMILES string of the molecule is CC1(C)c2cccc(P(n3cccc3)n3cccc3)c2Oc2c(P(n3cccc3)n3cccc3)cccc21. The Morgan fingerprint density at radius 3 is 1.11 bits per heavy atom. The van der Waals surface area contributed by atoms with Crippen LogP contribution in [0.25, 0.3) is 0 Å². The van der Waals surface area contributed by atoms with Crippen LogP contribution in [0.3, 0.4) is 0 Å². The summed E-state index contributed by atoms with van der Waals surface area (Å²) in [6.45, 7) is 4.64. The number of rotatable bonds is 6. The van der Waals surface area contributed by atoms with Crippen LogP contribution in [0.5, 0.6) is 11.5 Å². The molecule has 0 bridgehead atoms. The van der Waals surface area contributed by atoms with E-state index in [4.69, 9.17) is 4.74 Å². The van der Waals surface area contributed by atoms with E-state index in [-0.39, 0.29) is 5.41 Å². The molecule has 1 aliphatic heterocycles. The largest absolute Gasteiger partial charge is 0.455 e. The van der Waals surface area contributed by atoms with Gasteiger partial charge in [0.2, 0.25) is 0 Å². The maximum absolute atomic E-state index is 7.11. The van der Waals surface area contributed by atoms with E-state index in [1.807, 2.05) is 0 Å². The Hall–Kier alpha value is -3.78. The van der Waals surface area contributed by atoms with E-state index in [2.05, 4.69) is 166 Å². The van der Waals surface area contributed by atoms with E-state index < -0.39 is 16.4 Å². The first kappa shape index (κ1) is 23.3. The van der Waals surface area contributed by atoms with Crippen LogP contribution in [0.2, 0.25) is 0 Å². The molecule has 4 aromatic heterocycles. The zero-order chi connectivity index (χ0) is 25.7. The molecule has 5 nitrogen and oxygen atoms in total. The monoisotopic (exact) mass is 534 g/mol. The first-order valence-corrected chi connectivity index (χ1v) is 15.2. The van der Waals surface area contributed by atoms with Crippen molar-refractivity contribution in [2.45, 2.75) is 19.3 Å². The highest BCUT2D eigenvalue weighted by molar-refractivity contribution is 7.63. The fourth-order valence-electron chi connectivity index (χ4n) is 5.35. The summed E-state index contributed by atoms with van der Waals surface area (Å²) in [5.41, 5.74) is 2.22. The van der Waals surface area contributed by atoms with Crippen molar-refractivity contribution < 1.29 is 4.74 Å². The minimum atomic E-state index is -0.911. The van der Waals surface area contributed by atoms with E-state index in [0.717, 1.165) is 11.5 Å². The molecule has 0 fully saturated rings. The van der Waals surface area contributed by atoms with Gasteiger partial charge in [0.25, 0.3) is 0 Å². The van der Waals surface area contributed by atoms with E-state index in [1.165, 1.54) is 21.7 Å². The second kappa shape index (κ2) is 9.20. The van der Waals surface area contributed by atoms with Crippen molar-refractivity contribution in [3.63, 3.8) is 0 Å². The number of nitrogens with zero attached hydrogens (tertiary/aromatic N) is 4. The summed E-state index contributed by atoms with van der Waals surface area (Å²) in [7, 11) is -1.82. The summed E-state index contributed by atoms with van der Waals surface area (Å²) in [5, 5.41) is 2.40. The standard InChI is InChI=1S/C31H28N4OP2/c1-31(2)25-13-11-15-27(37(32-17-3-4-18-32)33-19-5-6-20-33)29(25)36-30-26(31)14-12-16-28(30)38(34-21-7-8-22-34)35-23-9-10-24-35/h3-24H,1-2H3. The van der Waals surface area contributed by atoms with E-state index in [9.17, 15) is 0 Å². The molecular weight excluding hydrogens is 506 g/mol. The van der Waals surface area contributed by atoms with Crippen molar-refractivity contribution >= 4 is 27.1 Å². The highest BCUT2D eigenvalue weighted by atomic mass is 31.1. The molecule has 0 unspecified atom stereocenters. The lowest BCUT2D eigenvalue weighted by Crippen LogP contribution is -2.31. The number of hydrogen-bond donors (Lipinski definition) is 0. The lowest BCUT2D eigenvalue weighted by Gasteiger charge is -2.38. The van der Waals surface area contributed by atoms with Crippen molar-refractivity contribution in [2.24, 2.45) is 0 Å². The minimum Gasteiger partial charge on any atom is -0.455 e. The third kappa shape index (κ3) is 3.69. The molecule has 0 saturated heterocycles. The van der Waals surface area contributed by atoms with Gasteiger partial charge < -0.3 is 22.1 Å². The van der Waals surface area contributed by atoms with Gasteiger partial charge in [-0.3, -0.25) is 0 Å². The summed E-state index contributed by atoms with van der Waals surface area (Å²) >= 11 is 0. The fourth-order valence-corrected chi connectivity index (χ4v) is 9.59. The molecule has 0 N–H and O–H groups in total. The molecule has 188 valence electrons. The summed E-state index contributed by atoms with van der Waals surface area (Å²) in [4.78, 5) is 0. The molecule has 0 amide bonds. The molecule has 1 aliphatic rings. The first-order valence-electron chi connectivity index (χ1n) is 12.7. The highest BCUT2D eigenvalue weighted by Crippen LogP contribution is 2.53. The Kier molecular flexibility index (Phi) is 5.65. The minimum absolute atomic E-state index is 0.225. The van der Waals surface area contributed by atoms with E-state index in [0.29, 0.717) is 0 Å². The number of ether oxygens (including phenoxy) is 1. The maximum Gasteiger partial charge on any atom is 0.142 e. The molecule has 7 rings (SSSR count). The highest BCUT2D eigenvalue weighted by Gasteiger charge is 2.39. The molecular formula is C31H28N4OP2. The molecule has 0 atom stereocenters. The van der Waals surface area contributed by atoms with Gasteiger partial charge in [-0.2, -0.15) is 0 Å². The second-order valence-electron chi connectivity index (χ2n) is 9.87.